The highest BCUT2D eigenvalue weighted by Gasteiger charge is 2.53. The van der Waals surface area contributed by atoms with E-state index in [0.29, 0.717) is 31.7 Å². The van der Waals surface area contributed by atoms with Crippen LogP contribution in [0.25, 0.3) is 0 Å². The molecule has 0 aliphatic carbocycles. The molecule has 1 aromatic heterocycles. The molecule has 1 spiro atoms. The summed E-state index contributed by atoms with van der Waals surface area (Å²) in [7, 11) is 0. The third kappa shape index (κ3) is 5.73. The molecule has 7 nitrogen and oxygen atoms in total. The van der Waals surface area contributed by atoms with Gasteiger partial charge in [-0.15, -0.1) is 12.4 Å². The van der Waals surface area contributed by atoms with Crippen molar-refractivity contribution >= 4 is 24.2 Å². The second-order valence-electron chi connectivity index (χ2n) is 10.2. The maximum atomic E-state index is 13.4. The van der Waals surface area contributed by atoms with Crippen molar-refractivity contribution in [3.05, 3.63) is 17.0 Å². The summed E-state index contributed by atoms with van der Waals surface area (Å²) in [6.45, 7) is 16.9. The van der Waals surface area contributed by atoms with Crippen LogP contribution < -0.4 is 5.32 Å². The van der Waals surface area contributed by atoms with E-state index in [2.05, 4.69) is 56.4 Å². The second-order valence-corrected chi connectivity index (χ2v) is 10.2. The molecule has 0 saturated carbocycles. The highest BCUT2D eigenvalue weighted by atomic mass is 35.5. The molecule has 3 rings (SSSR count). The summed E-state index contributed by atoms with van der Waals surface area (Å²) >= 11 is 0. The Kier molecular flexibility index (Phi) is 9.80. The van der Waals surface area contributed by atoms with Gasteiger partial charge in [-0.3, -0.25) is 19.2 Å². The summed E-state index contributed by atoms with van der Waals surface area (Å²) in [4.78, 5) is 31.2. The van der Waals surface area contributed by atoms with Gasteiger partial charge in [0.2, 0.25) is 11.8 Å². The molecule has 1 aromatic rings. The first-order chi connectivity index (χ1) is 15.2. The zero-order chi connectivity index (χ0) is 23.5. The number of nitrogens with zero attached hydrogens (tertiary/aromatic N) is 4. The first kappa shape index (κ1) is 27.6. The number of hydrogen-bond acceptors (Lipinski definition) is 4. The molecule has 33 heavy (non-hydrogen) atoms. The fourth-order valence-corrected chi connectivity index (χ4v) is 5.34. The third-order valence-corrected chi connectivity index (χ3v) is 7.28. The Morgan fingerprint density at radius 2 is 1.76 bits per heavy atom. The van der Waals surface area contributed by atoms with Crippen LogP contribution in [0.4, 0.5) is 0 Å². The van der Waals surface area contributed by atoms with Crippen LogP contribution in [-0.4, -0.2) is 62.6 Å². The van der Waals surface area contributed by atoms with Crippen molar-refractivity contribution in [1.82, 2.24) is 24.9 Å². The van der Waals surface area contributed by atoms with Crippen molar-refractivity contribution in [2.24, 2.45) is 5.92 Å². The number of piperidine rings is 1. The van der Waals surface area contributed by atoms with Crippen molar-refractivity contribution in [2.75, 3.05) is 19.6 Å². The lowest BCUT2D eigenvalue weighted by atomic mass is 9.80. The first-order valence-corrected chi connectivity index (χ1v) is 12.6. The number of amides is 2. The van der Waals surface area contributed by atoms with Crippen molar-refractivity contribution in [2.45, 2.75) is 105 Å². The molecule has 1 N–H and O–H groups in total. The van der Waals surface area contributed by atoms with E-state index in [1.54, 1.807) is 0 Å². The lowest BCUT2D eigenvalue weighted by molar-refractivity contribution is -0.161. The van der Waals surface area contributed by atoms with E-state index >= 15 is 0 Å². The van der Waals surface area contributed by atoms with Crippen LogP contribution >= 0.6 is 12.4 Å². The molecule has 8 heteroatoms. The Hall–Kier alpha value is -1.60. The van der Waals surface area contributed by atoms with E-state index in [0.717, 1.165) is 51.1 Å². The Bertz CT molecular complexity index is 814. The molecular formula is C25H44ClN5O2. The molecule has 0 radical (unpaired) electrons. The number of carbonyl (C=O) groups is 2. The minimum absolute atomic E-state index is 0. The van der Waals surface area contributed by atoms with E-state index in [4.69, 9.17) is 5.10 Å². The zero-order valence-electron chi connectivity index (χ0n) is 21.4. The van der Waals surface area contributed by atoms with Gasteiger partial charge in [-0.05, 0) is 51.9 Å². The van der Waals surface area contributed by atoms with Crippen LogP contribution in [0.1, 0.15) is 83.2 Å². The predicted molar refractivity (Wildman–Crippen MR) is 134 cm³/mol. The third-order valence-electron chi connectivity index (χ3n) is 7.28. The van der Waals surface area contributed by atoms with Gasteiger partial charge in [-0.1, -0.05) is 34.1 Å². The average molecular weight is 482 g/mol. The maximum Gasteiger partial charge on any atom is 0.246 e. The zero-order valence-corrected chi connectivity index (χ0v) is 22.3. The predicted octanol–water partition coefficient (Wildman–Crippen LogP) is 3.84. The Labute approximate surface area is 206 Å². The molecule has 2 fully saturated rings. The van der Waals surface area contributed by atoms with Gasteiger partial charge >= 0.3 is 0 Å². The number of halogens is 1. The number of hydrogen-bond donors (Lipinski definition) is 1. The van der Waals surface area contributed by atoms with Gasteiger partial charge in [0.05, 0.1) is 5.69 Å². The van der Waals surface area contributed by atoms with Gasteiger partial charge in [0.25, 0.3) is 0 Å². The number of aromatic nitrogens is 2. The van der Waals surface area contributed by atoms with Crippen molar-refractivity contribution in [3.63, 3.8) is 0 Å². The van der Waals surface area contributed by atoms with Crippen LogP contribution in [0, 0.1) is 19.8 Å². The highest BCUT2D eigenvalue weighted by molar-refractivity contribution is 6.00. The highest BCUT2D eigenvalue weighted by Crippen LogP contribution is 2.35. The topological polar surface area (TPSA) is 70.5 Å². The van der Waals surface area contributed by atoms with Gasteiger partial charge < -0.3 is 10.2 Å². The normalized spacial score (nSPS) is 20.9. The molecule has 2 aliphatic heterocycles. The van der Waals surface area contributed by atoms with Gasteiger partial charge in [0.15, 0.2) is 0 Å². The SMILES string of the molecule is CCCCN1C(=O)[C@H](CC(C)C)NC(=O)C12CCN(Cc1c(C)nn(CCC)c1C)CC2.Cl. The second kappa shape index (κ2) is 11.7. The molecule has 0 aromatic carbocycles. The molecule has 2 aliphatic rings. The molecule has 2 saturated heterocycles. The Morgan fingerprint density at radius 3 is 2.33 bits per heavy atom. The van der Waals surface area contributed by atoms with Gasteiger partial charge in [0, 0.05) is 44.0 Å². The van der Waals surface area contributed by atoms with Gasteiger partial charge in [-0.25, -0.2) is 0 Å². The molecule has 0 unspecified atom stereocenters. The number of rotatable bonds is 9. The number of unbranched alkanes of at least 4 members (excludes halogenated alkanes) is 1. The van der Waals surface area contributed by atoms with Crippen LogP contribution in [0.2, 0.25) is 0 Å². The van der Waals surface area contributed by atoms with E-state index in [1.165, 1.54) is 11.3 Å². The molecule has 0 bridgehead atoms. The average Bonchev–Trinajstić information content (AvgIpc) is 3.01. The minimum Gasteiger partial charge on any atom is -0.342 e. The molecule has 3 heterocycles. The van der Waals surface area contributed by atoms with Crippen LogP contribution in [-0.2, 0) is 22.7 Å². The summed E-state index contributed by atoms with van der Waals surface area (Å²) in [5, 5.41) is 7.82. The van der Waals surface area contributed by atoms with Crippen molar-refractivity contribution in [3.8, 4) is 0 Å². The standard InChI is InChI=1S/C25H43N5O2.ClH/c1-7-9-13-29-23(31)22(16-18(3)4)26-24(32)25(29)10-14-28(15-11-25)17-21-19(5)27-30(12-8-2)20(21)6;/h18,22H,7-17H2,1-6H3,(H,26,32);1H/t22-;/m0./s1. The number of likely N-dealkylation sites (tertiary alicyclic amines) is 1. The molecule has 2 amide bonds. The summed E-state index contributed by atoms with van der Waals surface area (Å²) in [6.07, 6.45) is 5.13. The lowest BCUT2D eigenvalue weighted by Crippen LogP contribution is -2.73. The first-order valence-electron chi connectivity index (χ1n) is 12.6. The summed E-state index contributed by atoms with van der Waals surface area (Å²) in [6, 6.07) is -0.377. The van der Waals surface area contributed by atoms with Gasteiger partial charge in [0.1, 0.15) is 11.6 Å². The van der Waals surface area contributed by atoms with Gasteiger partial charge in [-0.2, -0.15) is 5.10 Å². The van der Waals surface area contributed by atoms with Crippen molar-refractivity contribution < 1.29 is 9.59 Å². The van der Waals surface area contributed by atoms with E-state index < -0.39 is 5.54 Å². The summed E-state index contributed by atoms with van der Waals surface area (Å²) in [5.41, 5.74) is 2.96. The van der Waals surface area contributed by atoms with Crippen LogP contribution in [0.5, 0.6) is 0 Å². The summed E-state index contributed by atoms with van der Waals surface area (Å²) in [5.74, 6) is 0.544. The number of aryl methyl sites for hydroxylation is 2. The monoisotopic (exact) mass is 481 g/mol. The molecule has 1 atom stereocenters. The largest absolute Gasteiger partial charge is 0.342 e. The summed E-state index contributed by atoms with van der Waals surface area (Å²) < 4.78 is 2.12. The lowest BCUT2D eigenvalue weighted by Gasteiger charge is -2.52. The smallest absolute Gasteiger partial charge is 0.246 e. The Morgan fingerprint density at radius 1 is 1.09 bits per heavy atom. The number of carbonyl (C=O) groups excluding carboxylic acids is 2. The van der Waals surface area contributed by atoms with Crippen molar-refractivity contribution in [1.29, 1.82) is 0 Å². The number of nitrogens with one attached hydrogen (secondary N) is 1. The van der Waals surface area contributed by atoms with E-state index in [-0.39, 0.29) is 30.3 Å². The number of piperazine rings is 1. The molecular weight excluding hydrogens is 438 g/mol. The van der Waals surface area contributed by atoms with Crippen LogP contribution in [0.15, 0.2) is 0 Å². The fourth-order valence-electron chi connectivity index (χ4n) is 5.34. The van der Waals surface area contributed by atoms with E-state index in [1.807, 2.05) is 4.90 Å². The molecule has 188 valence electrons. The van der Waals surface area contributed by atoms with E-state index in [9.17, 15) is 9.59 Å². The quantitative estimate of drug-likeness (QED) is 0.581. The fraction of sp³-hybridized carbons (Fsp3) is 0.800. The minimum atomic E-state index is -0.688. The maximum absolute atomic E-state index is 13.4. The Balaban J connectivity index is 0.00000385. The van der Waals surface area contributed by atoms with Crippen LogP contribution in [0.3, 0.4) is 0 Å².